The fourth-order valence-corrected chi connectivity index (χ4v) is 1.54. The lowest BCUT2D eigenvalue weighted by Crippen LogP contribution is -2.47. The van der Waals surface area contributed by atoms with Crippen molar-refractivity contribution in [3.63, 3.8) is 0 Å². The van der Waals surface area contributed by atoms with Gasteiger partial charge in [0.2, 0.25) is 5.79 Å². The molecular weight excluding hydrogens is 288 g/mol. The fourth-order valence-electron chi connectivity index (χ4n) is 1.54. The van der Waals surface area contributed by atoms with Crippen molar-refractivity contribution in [3.05, 3.63) is 0 Å². The number of carbonyl (C=O) groups is 1. The standard InChI is InChI=1S/C16H32O6/c1-10-12(13(17)18-11-2)16(9,21-19-14(3,4)5)22-20-15(6,7)8/h12H,10-11H2,1-9H3. The summed E-state index contributed by atoms with van der Waals surface area (Å²) in [4.78, 5) is 33.8. The minimum Gasteiger partial charge on any atom is -0.466 e. The van der Waals surface area contributed by atoms with Gasteiger partial charge in [0, 0.05) is 0 Å². The third-order valence-electron chi connectivity index (χ3n) is 2.53. The molecule has 0 spiro atoms. The minimum absolute atomic E-state index is 0.283. The number of esters is 1. The highest BCUT2D eigenvalue weighted by atomic mass is 17.3. The van der Waals surface area contributed by atoms with Crippen molar-refractivity contribution in [2.24, 2.45) is 5.92 Å². The summed E-state index contributed by atoms with van der Waals surface area (Å²) in [5.74, 6) is -2.51. The predicted molar refractivity (Wildman–Crippen MR) is 82.7 cm³/mol. The van der Waals surface area contributed by atoms with Gasteiger partial charge in [0.25, 0.3) is 0 Å². The lowest BCUT2D eigenvalue weighted by atomic mass is 9.97. The molecule has 0 aliphatic heterocycles. The Kier molecular flexibility index (Phi) is 7.98. The second-order valence-electron chi connectivity index (χ2n) is 7.29. The lowest BCUT2D eigenvalue weighted by Gasteiger charge is -2.36. The third kappa shape index (κ3) is 8.08. The summed E-state index contributed by atoms with van der Waals surface area (Å²) in [5, 5.41) is 0. The summed E-state index contributed by atoms with van der Waals surface area (Å²) in [7, 11) is 0. The van der Waals surface area contributed by atoms with Crippen molar-refractivity contribution in [3.8, 4) is 0 Å². The lowest BCUT2D eigenvalue weighted by molar-refractivity contribution is -0.544. The normalized spacial score (nSPS) is 14.8. The first-order chi connectivity index (χ1) is 9.84. The van der Waals surface area contributed by atoms with E-state index in [4.69, 9.17) is 24.3 Å². The van der Waals surface area contributed by atoms with Crippen LogP contribution >= 0.6 is 0 Å². The zero-order chi connectivity index (χ0) is 17.6. The molecule has 0 radical (unpaired) electrons. The molecule has 1 atom stereocenters. The van der Waals surface area contributed by atoms with Crippen LogP contribution in [0.4, 0.5) is 0 Å². The van der Waals surface area contributed by atoms with Crippen LogP contribution in [0.15, 0.2) is 0 Å². The van der Waals surface area contributed by atoms with Gasteiger partial charge in [-0.05, 0) is 61.8 Å². The Morgan fingerprint density at radius 2 is 1.23 bits per heavy atom. The summed E-state index contributed by atoms with van der Waals surface area (Å²) < 4.78 is 5.09. The van der Waals surface area contributed by atoms with Crippen LogP contribution in [0.3, 0.4) is 0 Å². The van der Waals surface area contributed by atoms with Gasteiger partial charge in [0.15, 0.2) is 0 Å². The van der Waals surface area contributed by atoms with Gasteiger partial charge in [-0.15, -0.1) is 0 Å². The van der Waals surface area contributed by atoms with Crippen molar-refractivity contribution in [1.82, 2.24) is 0 Å². The zero-order valence-electron chi connectivity index (χ0n) is 15.4. The smallest absolute Gasteiger partial charge is 0.314 e. The largest absolute Gasteiger partial charge is 0.466 e. The molecule has 132 valence electrons. The number of rotatable bonds is 8. The fraction of sp³-hybridized carbons (Fsp3) is 0.938. The molecule has 0 aliphatic carbocycles. The van der Waals surface area contributed by atoms with E-state index in [1.807, 2.05) is 48.5 Å². The maximum Gasteiger partial charge on any atom is 0.314 e. The monoisotopic (exact) mass is 320 g/mol. The second-order valence-corrected chi connectivity index (χ2v) is 7.29. The number of hydrogen-bond donors (Lipinski definition) is 0. The van der Waals surface area contributed by atoms with Crippen molar-refractivity contribution in [2.45, 2.75) is 85.7 Å². The van der Waals surface area contributed by atoms with Gasteiger partial charge in [-0.3, -0.25) is 4.79 Å². The molecule has 1 unspecified atom stereocenters. The van der Waals surface area contributed by atoms with Crippen LogP contribution in [-0.2, 0) is 29.1 Å². The zero-order valence-corrected chi connectivity index (χ0v) is 15.4. The van der Waals surface area contributed by atoms with Crippen molar-refractivity contribution < 1.29 is 29.1 Å². The van der Waals surface area contributed by atoms with E-state index in [1.54, 1.807) is 13.8 Å². The molecule has 0 N–H and O–H groups in total. The van der Waals surface area contributed by atoms with Gasteiger partial charge in [0.05, 0.1) is 17.8 Å². The van der Waals surface area contributed by atoms with E-state index in [0.717, 1.165) is 0 Å². The highest BCUT2D eigenvalue weighted by Crippen LogP contribution is 2.31. The molecule has 0 amide bonds. The first-order valence-electron chi connectivity index (χ1n) is 7.75. The molecule has 6 heteroatoms. The molecule has 0 saturated carbocycles. The molecule has 22 heavy (non-hydrogen) atoms. The van der Waals surface area contributed by atoms with E-state index in [1.165, 1.54) is 0 Å². The molecular formula is C16H32O6. The highest BCUT2D eigenvalue weighted by molar-refractivity contribution is 5.73. The molecule has 0 aromatic carbocycles. The Balaban J connectivity index is 5.21. The number of hydrogen-bond acceptors (Lipinski definition) is 6. The van der Waals surface area contributed by atoms with Crippen molar-refractivity contribution in [1.29, 1.82) is 0 Å². The molecule has 0 aromatic rings. The van der Waals surface area contributed by atoms with Gasteiger partial charge in [-0.25, -0.2) is 9.78 Å². The highest BCUT2D eigenvalue weighted by Gasteiger charge is 2.46. The first-order valence-corrected chi connectivity index (χ1v) is 7.75. The minimum atomic E-state index is -1.42. The van der Waals surface area contributed by atoms with Gasteiger partial charge >= 0.3 is 5.97 Å². The summed E-state index contributed by atoms with van der Waals surface area (Å²) in [5.41, 5.74) is -1.11. The summed E-state index contributed by atoms with van der Waals surface area (Å²) >= 11 is 0. The first kappa shape index (κ1) is 21.3. The van der Waals surface area contributed by atoms with E-state index < -0.39 is 28.9 Å². The van der Waals surface area contributed by atoms with E-state index in [-0.39, 0.29) is 6.61 Å². The van der Waals surface area contributed by atoms with Crippen LogP contribution in [0.1, 0.15) is 68.7 Å². The molecule has 0 fully saturated rings. The molecule has 0 aliphatic rings. The SMILES string of the molecule is CCOC(=O)C(CC)C(C)(OOC(C)(C)C)OOC(C)(C)C. The van der Waals surface area contributed by atoms with Crippen LogP contribution in [0.5, 0.6) is 0 Å². The average Bonchev–Trinajstić information content (AvgIpc) is 2.34. The van der Waals surface area contributed by atoms with Gasteiger partial charge in [-0.1, -0.05) is 6.92 Å². The maximum absolute atomic E-state index is 12.2. The van der Waals surface area contributed by atoms with E-state index in [0.29, 0.717) is 6.42 Å². The van der Waals surface area contributed by atoms with E-state index >= 15 is 0 Å². The number of carbonyl (C=O) groups excluding carboxylic acids is 1. The van der Waals surface area contributed by atoms with Crippen LogP contribution in [0.25, 0.3) is 0 Å². The van der Waals surface area contributed by atoms with Crippen molar-refractivity contribution >= 4 is 5.97 Å². The van der Waals surface area contributed by atoms with Crippen LogP contribution in [0, 0.1) is 5.92 Å². The Labute approximate surface area is 134 Å². The average molecular weight is 320 g/mol. The Morgan fingerprint density at radius 3 is 1.50 bits per heavy atom. The number of ether oxygens (including phenoxy) is 1. The molecule has 0 rings (SSSR count). The van der Waals surface area contributed by atoms with Gasteiger partial charge in [0.1, 0.15) is 5.92 Å². The maximum atomic E-state index is 12.2. The van der Waals surface area contributed by atoms with E-state index in [9.17, 15) is 4.79 Å². The molecule has 6 nitrogen and oxygen atoms in total. The third-order valence-corrected chi connectivity index (χ3v) is 2.53. The summed E-state index contributed by atoms with van der Waals surface area (Å²) in [6.45, 7) is 16.5. The Bertz CT molecular complexity index is 322. The molecule has 0 aromatic heterocycles. The summed E-state index contributed by atoms with van der Waals surface area (Å²) in [6.07, 6.45) is 0.455. The predicted octanol–water partition coefficient (Wildman–Crippen LogP) is 3.79. The van der Waals surface area contributed by atoms with E-state index in [2.05, 4.69) is 0 Å². The van der Waals surface area contributed by atoms with Crippen LogP contribution in [0.2, 0.25) is 0 Å². The molecule has 0 saturated heterocycles. The van der Waals surface area contributed by atoms with Crippen LogP contribution < -0.4 is 0 Å². The quantitative estimate of drug-likeness (QED) is 0.293. The molecule has 0 heterocycles. The molecule has 0 bridgehead atoms. The Hall–Kier alpha value is -0.690. The van der Waals surface area contributed by atoms with Crippen molar-refractivity contribution in [2.75, 3.05) is 6.61 Å². The van der Waals surface area contributed by atoms with Gasteiger partial charge in [-0.2, -0.15) is 9.78 Å². The van der Waals surface area contributed by atoms with Crippen LogP contribution in [-0.4, -0.2) is 29.6 Å². The summed E-state index contributed by atoms with van der Waals surface area (Å²) in [6, 6.07) is 0. The van der Waals surface area contributed by atoms with Gasteiger partial charge < -0.3 is 4.74 Å². The second kappa shape index (κ2) is 8.24. The Morgan fingerprint density at radius 1 is 0.818 bits per heavy atom. The topological polar surface area (TPSA) is 63.2 Å².